The van der Waals surface area contributed by atoms with Crippen LogP contribution in [-0.4, -0.2) is 26.8 Å². The molecule has 0 bridgehead atoms. The topological polar surface area (TPSA) is 68.9 Å². The van der Waals surface area contributed by atoms with Crippen LogP contribution < -0.4 is 10.9 Å². The van der Waals surface area contributed by atoms with E-state index >= 15 is 0 Å². The van der Waals surface area contributed by atoms with Gasteiger partial charge in [-0.15, -0.1) is 0 Å². The Morgan fingerprint density at radius 1 is 0.933 bits per heavy atom. The Kier molecular flexibility index (Phi) is 5.52. The van der Waals surface area contributed by atoms with Gasteiger partial charge in [-0.2, -0.15) is 5.10 Å². The zero-order valence-corrected chi connectivity index (χ0v) is 16.0. The lowest BCUT2D eigenvalue weighted by Gasteiger charge is -2.09. The first-order valence-corrected chi connectivity index (χ1v) is 9.46. The van der Waals surface area contributed by atoms with E-state index in [9.17, 15) is 14.0 Å². The lowest BCUT2D eigenvalue weighted by molar-refractivity contribution is 0.0951. The van der Waals surface area contributed by atoms with Gasteiger partial charge in [0.15, 0.2) is 0 Å². The van der Waals surface area contributed by atoms with Crippen LogP contribution in [0.25, 0.3) is 16.9 Å². The second kappa shape index (κ2) is 8.57. The zero-order valence-electron chi connectivity index (χ0n) is 16.0. The van der Waals surface area contributed by atoms with Crippen molar-refractivity contribution in [2.45, 2.75) is 6.54 Å². The molecule has 0 unspecified atom stereocenters. The molecule has 0 aliphatic carbocycles. The minimum absolute atomic E-state index is 0.223. The summed E-state index contributed by atoms with van der Waals surface area (Å²) in [5, 5.41) is 7.11. The van der Waals surface area contributed by atoms with Crippen LogP contribution in [0.3, 0.4) is 0 Å². The summed E-state index contributed by atoms with van der Waals surface area (Å²) >= 11 is 0. The fourth-order valence-electron chi connectivity index (χ4n) is 3.05. The average Bonchev–Trinajstić information content (AvgIpc) is 3.31. The number of carbonyl (C=O) groups excluding carboxylic acids is 1. The number of amides is 1. The van der Waals surface area contributed by atoms with E-state index in [0.717, 1.165) is 5.69 Å². The summed E-state index contributed by atoms with van der Waals surface area (Å²) < 4.78 is 16.3. The van der Waals surface area contributed by atoms with E-state index in [1.165, 1.54) is 22.9 Å². The summed E-state index contributed by atoms with van der Waals surface area (Å²) in [6, 6.07) is 20.0. The minimum atomic E-state index is -0.337. The largest absolute Gasteiger partial charge is 0.350 e. The van der Waals surface area contributed by atoms with E-state index in [2.05, 4.69) is 10.4 Å². The first-order valence-electron chi connectivity index (χ1n) is 9.46. The summed E-state index contributed by atoms with van der Waals surface area (Å²) in [6.07, 6.45) is 3.86. The van der Waals surface area contributed by atoms with Gasteiger partial charge in [0.05, 0.1) is 12.2 Å². The fourth-order valence-corrected chi connectivity index (χ4v) is 3.05. The van der Waals surface area contributed by atoms with Crippen molar-refractivity contribution in [1.29, 1.82) is 0 Å². The van der Waals surface area contributed by atoms with Crippen molar-refractivity contribution < 1.29 is 9.18 Å². The standard InChI is InChI=1S/C23H19FN4O2/c24-19-7-3-17(4-8-19)21-11-12-22(29)28(26-21)16-13-25-23(30)18-5-9-20(10-6-18)27-14-1-2-15-27/h1-12,14-15H,13,16H2,(H,25,30). The molecule has 0 radical (unpaired) electrons. The van der Waals surface area contributed by atoms with Gasteiger partial charge in [0.25, 0.3) is 11.5 Å². The Morgan fingerprint density at radius 3 is 2.33 bits per heavy atom. The number of aromatic nitrogens is 3. The molecule has 4 rings (SSSR count). The van der Waals surface area contributed by atoms with Gasteiger partial charge in [-0.05, 0) is 66.7 Å². The van der Waals surface area contributed by atoms with Crippen LogP contribution in [0.5, 0.6) is 0 Å². The third-order valence-electron chi connectivity index (χ3n) is 4.65. The van der Waals surface area contributed by atoms with E-state index < -0.39 is 0 Å². The molecule has 0 spiro atoms. The van der Waals surface area contributed by atoms with E-state index in [-0.39, 0.29) is 30.4 Å². The Balaban J connectivity index is 1.39. The third kappa shape index (κ3) is 4.35. The van der Waals surface area contributed by atoms with Gasteiger partial charge in [-0.3, -0.25) is 9.59 Å². The Hall–Kier alpha value is -4.00. The molecule has 2 aromatic heterocycles. The maximum Gasteiger partial charge on any atom is 0.266 e. The predicted octanol–water partition coefficient (Wildman–Crippen LogP) is 3.27. The van der Waals surface area contributed by atoms with Gasteiger partial charge in [-0.1, -0.05) is 0 Å². The number of hydrogen-bond donors (Lipinski definition) is 1. The number of halogens is 1. The van der Waals surface area contributed by atoms with Crippen molar-refractivity contribution in [2.75, 3.05) is 6.54 Å². The van der Waals surface area contributed by atoms with Gasteiger partial charge in [-0.25, -0.2) is 9.07 Å². The lowest BCUT2D eigenvalue weighted by atomic mass is 10.1. The van der Waals surface area contributed by atoms with Crippen molar-refractivity contribution in [3.05, 3.63) is 107 Å². The van der Waals surface area contributed by atoms with E-state index in [1.54, 1.807) is 30.3 Å². The van der Waals surface area contributed by atoms with Crippen molar-refractivity contribution in [1.82, 2.24) is 19.7 Å². The second-order valence-electron chi connectivity index (χ2n) is 6.68. The zero-order chi connectivity index (χ0) is 20.9. The van der Waals surface area contributed by atoms with Gasteiger partial charge in [0.1, 0.15) is 5.82 Å². The fraction of sp³-hybridized carbons (Fsp3) is 0.0870. The second-order valence-corrected chi connectivity index (χ2v) is 6.68. The number of hydrogen-bond acceptors (Lipinski definition) is 3. The number of carbonyl (C=O) groups is 1. The number of nitrogens with one attached hydrogen (secondary N) is 1. The van der Waals surface area contributed by atoms with Crippen LogP contribution in [0.2, 0.25) is 0 Å². The minimum Gasteiger partial charge on any atom is -0.350 e. The summed E-state index contributed by atoms with van der Waals surface area (Å²) in [7, 11) is 0. The molecule has 0 saturated heterocycles. The lowest BCUT2D eigenvalue weighted by Crippen LogP contribution is -2.31. The molecule has 150 valence electrons. The summed E-state index contributed by atoms with van der Waals surface area (Å²) in [5.41, 5.74) is 2.49. The molecule has 0 fully saturated rings. The highest BCUT2D eigenvalue weighted by Gasteiger charge is 2.07. The highest BCUT2D eigenvalue weighted by molar-refractivity contribution is 5.94. The third-order valence-corrected chi connectivity index (χ3v) is 4.65. The van der Waals surface area contributed by atoms with Gasteiger partial charge < -0.3 is 9.88 Å². The average molecular weight is 402 g/mol. The first-order chi connectivity index (χ1) is 14.6. The van der Waals surface area contributed by atoms with Crippen LogP contribution in [0.4, 0.5) is 4.39 Å². The maximum atomic E-state index is 13.1. The number of rotatable bonds is 6. The van der Waals surface area contributed by atoms with Gasteiger partial charge in [0.2, 0.25) is 0 Å². The highest BCUT2D eigenvalue weighted by Crippen LogP contribution is 2.15. The van der Waals surface area contributed by atoms with E-state index in [1.807, 2.05) is 41.2 Å². The SMILES string of the molecule is O=C(NCCn1nc(-c2ccc(F)cc2)ccc1=O)c1ccc(-n2cccc2)cc1. The van der Waals surface area contributed by atoms with Crippen molar-refractivity contribution >= 4 is 5.91 Å². The van der Waals surface area contributed by atoms with E-state index in [4.69, 9.17) is 0 Å². The highest BCUT2D eigenvalue weighted by atomic mass is 19.1. The Bertz CT molecular complexity index is 1200. The molecule has 30 heavy (non-hydrogen) atoms. The molecule has 2 heterocycles. The monoisotopic (exact) mass is 402 g/mol. The molecule has 6 nitrogen and oxygen atoms in total. The van der Waals surface area contributed by atoms with Crippen LogP contribution in [0.1, 0.15) is 10.4 Å². The van der Waals surface area contributed by atoms with Crippen molar-refractivity contribution in [3.63, 3.8) is 0 Å². The van der Waals surface area contributed by atoms with Crippen molar-refractivity contribution in [3.8, 4) is 16.9 Å². The Morgan fingerprint density at radius 2 is 1.63 bits per heavy atom. The summed E-state index contributed by atoms with van der Waals surface area (Å²) in [5.74, 6) is -0.562. The number of benzene rings is 2. The van der Waals surface area contributed by atoms with Crippen molar-refractivity contribution in [2.24, 2.45) is 0 Å². The van der Waals surface area contributed by atoms with Gasteiger partial charge >= 0.3 is 0 Å². The number of nitrogens with zero attached hydrogens (tertiary/aromatic N) is 3. The quantitative estimate of drug-likeness (QED) is 0.538. The van der Waals surface area contributed by atoms with Crippen LogP contribution in [0, 0.1) is 5.82 Å². The molecule has 1 amide bonds. The molecule has 0 aliphatic heterocycles. The maximum absolute atomic E-state index is 13.1. The first kappa shape index (κ1) is 19.3. The Labute approximate surface area is 172 Å². The van der Waals surface area contributed by atoms with E-state index in [0.29, 0.717) is 16.8 Å². The molecule has 7 heteroatoms. The molecular formula is C23H19FN4O2. The van der Waals surface area contributed by atoms with Crippen LogP contribution >= 0.6 is 0 Å². The normalized spacial score (nSPS) is 10.7. The molecule has 2 aromatic carbocycles. The smallest absolute Gasteiger partial charge is 0.266 e. The molecule has 1 N–H and O–H groups in total. The van der Waals surface area contributed by atoms with Crippen LogP contribution in [-0.2, 0) is 6.54 Å². The predicted molar refractivity (Wildman–Crippen MR) is 112 cm³/mol. The molecule has 0 atom stereocenters. The van der Waals surface area contributed by atoms with Crippen LogP contribution in [0.15, 0.2) is 90.0 Å². The molecule has 0 aliphatic rings. The summed E-state index contributed by atoms with van der Waals surface area (Å²) in [6.45, 7) is 0.471. The summed E-state index contributed by atoms with van der Waals surface area (Å²) in [4.78, 5) is 24.5. The molecular weight excluding hydrogens is 383 g/mol. The van der Waals surface area contributed by atoms with Gasteiger partial charge in [0, 0.05) is 41.8 Å². The molecule has 4 aromatic rings. The molecule has 0 saturated carbocycles.